The van der Waals surface area contributed by atoms with E-state index >= 15 is 0 Å². The van der Waals surface area contributed by atoms with Gasteiger partial charge in [-0.3, -0.25) is 4.68 Å². The van der Waals surface area contributed by atoms with Crippen LogP contribution in [-0.4, -0.2) is 40.4 Å². The summed E-state index contributed by atoms with van der Waals surface area (Å²) >= 11 is 0. The maximum atomic E-state index is 4.40. The van der Waals surface area contributed by atoms with Crippen LogP contribution in [0.3, 0.4) is 0 Å². The second kappa shape index (κ2) is 4.18. The molecule has 2 aliphatic heterocycles. The van der Waals surface area contributed by atoms with Gasteiger partial charge in [0, 0.05) is 32.4 Å². The van der Waals surface area contributed by atoms with Gasteiger partial charge in [-0.1, -0.05) is 0 Å². The quantitative estimate of drug-likeness (QED) is 0.810. The summed E-state index contributed by atoms with van der Waals surface area (Å²) in [5.41, 5.74) is 1.16. The molecule has 1 N–H and O–H groups in total. The van der Waals surface area contributed by atoms with Crippen molar-refractivity contribution in [3.8, 4) is 0 Å². The predicted molar refractivity (Wildman–Crippen MR) is 63.0 cm³/mol. The molecule has 0 aromatic carbocycles. The van der Waals surface area contributed by atoms with Crippen molar-refractivity contribution in [2.24, 2.45) is 13.0 Å². The summed E-state index contributed by atoms with van der Waals surface area (Å²) in [5, 5.41) is 8.08. The van der Waals surface area contributed by atoms with E-state index in [1.54, 1.807) is 0 Å². The van der Waals surface area contributed by atoms with E-state index in [0.717, 1.165) is 18.2 Å². The van der Waals surface area contributed by atoms with Gasteiger partial charge < -0.3 is 10.2 Å². The predicted octanol–water partition coefficient (Wildman–Crippen LogP) is 0.604. The number of hydrogen-bond donors (Lipinski definition) is 1. The SMILES string of the molecule is Cn1ccc(CNC2CCN3CCC2C3)n1. The lowest BCUT2D eigenvalue weighted by Gasteiger charge is -2.30. The average Bonchev–Trinajstić information content (AvgIpc) is 2.86. The van der Waals surface area contributed by atoms with Crippen molar-refractivity contribution in [1.29, 1.82) is 0 Å². The first-order valence-corrected chi connectivity index (χ1v) is 6.25. The van der Waals surface area contributed by atoms with Gasteiger partial charge >= 0.3 is 0 Å². The van der Waals surface area contributed by atoms with Gasteiger partial charge in [0.15, 0.2) is 0 Å². The van der Waals surface area contributed by atoms with E-state index in [9.17, 15) is 0 Å². The van der Waals surface area contributed by atoms with Crippen LogP contribution in [0.4, 0.5) is 0 Å². The average molecular weight is 220 g/mol. The normalized spacial score (nSPS) is 33.2. The van der Waals surface area contributed by atoms with E-state index in [2.05, 4.69) is 21.4 Å². The number of aromatic nitrogens is 2. The van der Waals surface area contributed by atoms with Gasteiger partial charge in [0.1, 0.15) is 0 Å². The smallest absolute Gasteiger partial charge is 0.0762 e. The Morgan fingerprint density at radius 3 is 3.12 bits per heavy atom. The third kappa shape index (κ3) is 1.99. The molecule has 4 nitrogen and oxygen atoms in total. The van der Waals surface area contributed by atoms with Gasteiger partial charge in [0.25, 0.3) is 0 Å². The molecule has 4 heteroatoms. The second-order valence-electron chi connectivity index (χ2n) is 5.11. The van der Waals surface area contributed by atoms with Crippen LogP contribution in [0.5, 0.6) is 0 Å². The van der Waals surface area contributed by atoms with E-state index in [1.165, 1.54) is 32.5 Å². The first kappa shape index (κ1) is 10.3. The van der Waals surface area contributed by atoms with E-state index in [4.69, 9.17) is 0 Å². The molecule has 1 aromatic rings. The molecule has 3 rings (SSSR count). The van der Waals surface area contributed by atoms with Gasteiger partial charge in [-0.15, -0.1) is 0 Å². The largest absolute Gasteiger partial charge is 0.308 e. The molecule has 2 bridgehead atoms. The Bertz CT molecular complexity index is 360. The Labute approximate surface area is 96.6 Å². The van der Waals surface area contributed by atoms with Crippen molar-refractivity contribution >= 4 is 0 Å². The molecule has 0 saturated carbocycles. The topological polar surface area (TPSA) is 33.1 Å². The fraction of sp³-hybridized carbons (Fsp3) is 0.750. The fourth-order valence-corrected chi connectivity index (χ4v) is 3.01. The zero-order chi connectivity index (χ0) is 11.0. The highest BCUT2D eigenvalue weighted by Crippen LogP contribution is 2.27. The van der Waals surface area contributed by atoms with Crippen LogP contribution in [0.25, 0.3) is 0 Å². The van der Waals surface area contributed by atoms with Crippen LogP contribution >= 0.6 is 0 Å². The van der Waals surface area contributed by atoms with Crippen LogP contribution in [0.15, 0.2) is 12.3 Å². The molecule has 3 heterocycles. The molecule has 2 saturated heterocycles. The summed E-state index contributed by atoms with van der Waals surface area (Å²) in [6.45, 7) is 4.81. The number of aryl methyl sites for hydroxylation is 1. The van der Waals surface area contributed by atoms with Gasteiger partial charge in [0.2, 0.25) is 0 Å². The van der Waals surface area contributed by atoms with Gasteiger partial charge in [-0.2, -0.15) is 5.10 Å². The van der Waals surface area contributed by atoms with Gasteiger partial charge in [-0.25, -0.2) is 0 Å². The monoisotopic (exact) mass is 220 g/mol. The van der Waals surface area contributed by atoms with Crippen LogP contribution in [-0.2, 0) is 13.6 Å². The minimum atomic E-state index is 0.709. The Balaban J connectivity index is 1.55. The highest BCUT2D eigenvalue weighted by molar-refractivity contribution is 4.99. The van der Waals surface area contributed by atoms with Crippen molar-refractivity contribution in [2.75, 3.05) is 19.6 Å². The molecule has 2 aliphatic rings. The molecule has 0 amide bonds. The highest BCUT2D eigenvalue weighted by Gasteiger charge is 2.33. The molecule has 88 valence electrons. The minimum absolute atomic E-state index is 0.709. The molecule has 0 spiro atoms. The van der Waals surface area contributed by atoms with Crippen molar-refractivity contribution in [3.63, 3.8) is 0 Å². The second-order valence-corrected chi connectivity index (χ2v) is 5.11. The summed E-state index contributed by atoms with van der Waals surface area (Å²) in [4.78, 5) is 2.59. The van der Waals surface area contributed by atoms with E-state index < -0.39 is 0 Å². The number of hydrogen-bond acceptors (Lipinski definition) is 3. The standard InChI is InChI=1S/C12H20N4/c1-15-5-3-11(14-15)8-13-12-4-7-16-6-2-10(12)9-16/h3,5,10,12-13H,2,4,6-9H2,1H3. The lowest BCUT2D eigenvalue weighted by atomic mass is 9.94. The lowest BCUT2D eigenvalue weighted by Crippen LogP contribution is -2.43. The number of rotatable bonds is 3. The molecule has 16 heavy (non-hydrogen) atoms. The van der Waals surface area contributed by atoms with E-state index in [-0.39, 0.29) is 0 Å². The molecule has 3 unspecified atom stereocenters. The summed E-state index contributed by atoms with van der Waals surface area (Å²) in [6.07, 6.45) is 4.69. The van der Waals surface area contributed by atoms with Gasteiger partial charge in [0.05, 0.1) is 5.69 Å². The van der Waals surface area contributed by atoms with Crippen molar-refractivity contribution in [1.82, 2.24) is 20.0 Å². The number of piperidine rings is 1. The maximum absolute atomic E-state index is 4.40. The zero-order valence-corrected chi connectivity index (χ0v) is 9.89. The van der Waals surface area contributed by atoms with Crippen molar-refractivity contribution < 1.29 is 0 Å². The van der Waals surface area contributed by atoms with Gasteiger partial charge in [-0.05, 0) is 37.9 Å². The number of fused-ring (bicyclic) bond motifs is 2. The van der Waals surface area contributed by atoms with E-state index in [0.29, 0.717) is 6.04 Å². The molecule has 0 aliphatic carbocycles. The van der Waals surface area contributed by atoms with Crippen LogP contribution < -0.4 is 5.32 Å². The third-order valence-electron chi connectivity index (χ3n) is 3.95. The molecular formula is C12H20N4. The Morgan fingerprint density at radius 1 is 1.44 bits per heavy atom. The molecule has 2 fully saturated rings. The number of nitrogens with zero attached hydrogens (tertiary/aromatic N) is 3. The first-order valence-electron chi connectivity index (χ1n) is 6.25. The summed E-state index contributed by atoms with van der Waals surface area (Å²) in [7, 11) is 1.97. The number of nitrogens with one attached hydrogen (secondary N) is 1. The summed E-state index contributed by atoms with van der Waals surface area (Å²) in [5.74, 6) is 0.873. The molecule has 3 atom stereocenters. The fourth-order valence-electron chi connectivity index (χ4n) is 3.01. The van der Waals surface area contributed by atoms with Crippen molar-refractivity contribution in [3.05, 3.63) is 18.0 Å². The first-order chi connectivity index (χ1) is 7.81. The Morgan fingerprint density at radius 2 is 2.31 bits per heavy atom. The van der Waals surface area contributed by atoms with Crippen molar-refractivity contribution in [2.45, 2.75) is 25.4 Å². The third-order valence-corrected chi connectivity index (χ3v) is 3.95. The van der Waals surface area contributed by atoms with Crippen LogP contribution in [0, 0.1) is 5.92 Å². The Kier molecular flexibility index (Phi) is 2.69. The highest BCUT2D eigenvalue weighted by atomic mass is 15.3. The van der Waals surface area contributed by atoms with Crippen LogP contribution in [0.2, 0.25) is 0 Å². The Hall–Kier alpha value is -0.870. The molecule has 1 aromatic heterocycles. The maximum Gasteiger partial charge on any atom is 0.0762 e. The lowest BCUT2D eigenvalue weighted by molar-refractivity contribution is 0.220. The molecule has 0 radical (unpaired) electrons. The minimum Gasteiger partial charge on any atom is -0.308 e. The summed E-state index contributed by atoms with van der Waals surface area (Å²) in [6, 6.07) is 2.80. The van der Waals surface area contributed by atoms with E-state index in [1.807, 2.05) is 17.9 Å². The molecular weight excluding hydrogens is 200 g/mol. The zero-order valence-electron chi connectivity index (χ0n) is 9.89. The summed E-state index contributed by atoms with van der Waals surface area (Å²) < 4.78 is 1.87. The van der Waals surface area contributed by atoms with Crippen LogP contribution in [0.1, 0.15) is 18.5 Å².